The fraction of sp³-hybridized carbons (Fsp3) is 0.481. The van der Waals surface area contributed by atoms with Crippen LogP contribution < -0.4 is 25.0 Å². The molecule has 1 saturated carbocycles. The van der Waals surface area contributed by atoms with E-state index in [1.54, 1.807) is 14.2 Å². The number of anilines is 2. The molecule has 8 nitrogen and oxygen atoms in total. The zero-order valence-corrected chi connectivity index (χ0v) is 21.2. The Hall–Kier alpha value is -3.26. The number of nitrogens with zero attached hydrogens (tertiary/aromatic N) is 3. The highest BCUT2D eigenvalue weighted by Crippen LogP contribution is 2.37. The van der Waals surface area contributed by atoms with Crippen LogP contribution in [-0.2, 0) is 6.42 Å². The molecule has 188 valence electrons. The van der Waals surface area contributed by atoms with Crippen molar-refractivity contribution in [2.45, 2.75) is 38.1 Å². The molecule has 0 bridgehead atoms. The molecular weight excluding hydrogens is 442 g/mol. The lowest BCUT2D eigenvalue weighted by molar-refractivity contribution is 0.324. The molecule has 8 heteroatoms. The summed E-state index contributed by atoms with van der Waals surface area (Å²) in [5.74, 6) is 3.26. The van der Waals surface area contributed by atoms with Crippen LogP contribution in [0.4, 0.5) is 11.8 Å². The smallest absolute Gasteiger partial charge is 0.225 e. The molecule has 1 heterocycles. The summed E-state index contributed by atoms with van der Waals surface area (Å²) in [7, 11) is 7.14. The lowest BCUT2D eigenvalue weighted by Gasteiger charge is -2.29. The predicted molar refractivity (Wildman–Crippen MR) is 141 cm³/mol. The number of aromatic hydroxyl groups is 1. The number of ether oxygens (including phenoxy) is 2. The van der Waals surface area contributed by atoms with E-state index in [-0.39, 0.29) is 5.75 Å². The Kier molecular flexibility index (Phi) is 8.13. The van der Waals surface area contributed by atoms with Crippen molar-refractivity contribution in [2.24, 2.45) is 5.92 Å². The van der Waals surface area contributed by atoms with Gasteiger partial charge in [-0.05, 0) is 80.9 Å². The maximum atomic E-state index is 10.1. The minimum absolute atomic E-state index is 0.0455. The van der Waals surface area contributed by atoms with Gasteiger partial charge in [0.25, 0.3) is 0 Å². The molecule has 1 aromatic heterocycles. The van der Waals surface area contributed by atoms with Crippen molar-refractivity contribution in [3.63, 3.8) is 0 Å². The molecule has 1 fully saturated rings. The molecule has 2 aromatic carbocycles. The van der Waals surface area contributed by atoms with Crippen molar-refractivity contribution in [1.82, 2.24) is 15.3 Å². The first-order chi connectivity index (χ1) is 17.0. The molecule has 0 saturated heterocycles. The van der Waals surface area contributed by atoms with E-state index < -0.39 is 0 Å². The number of benzene rings is 2. The van der Waals surface area contributed by atoms with Crippen molar-refractivity contribution in [1.29, 1.82) is 0 Å². The third-order valence-corrected chi connectivity index (χ3v) is 6.75. The molecule has 1 aliphatic carbocycles. The summed E-state index contributed by atoms with van der Waals surface area (Å²) < 4.78 is 10.5. The number of rotatable bonds is 10. The topological polar surface area (TPSA) is 91.8 Å². The van der Waals surface area contributed by atoms with Crippen molar-refractivity contribution >= 4 is 22.7 Å². The van der Waals surface area contributed by atoms with Gasteiger partial charge < -0.3 is 30.1 Å². The fourth-order valence-electron chi connectivity index (χ4n) is 4.79. The number of hydrogen-bond acceptors (Lipinski definition) is 8. The van der Waals surface area contributed by atoms with E-state index in [1.807, 2.05) is 49.3 Å². The van der Waals surface area contributed by atoms with E-state index in [2.05, 4.69) is 16.7 Å². The zero-order chi connectivity index (χ0) is 24.8. The van der Waals surface area contributed by atoms with Gasteiger partial charge in [-0.2, -0.15) is 4.98 Å². The van der Waals surface area contributed by atoms with Gasteiger partial charge in [0.2, 0.25) is 11.7 Å². The van der Waals surface area contributed by atoms with Crippen molar-refractivity contribution in [3.05, 3.63) is 42.0 Å². The predicted octanol–water partition coefficient (Wildman–Crippen LogP) is 4.22. The summed E-state index contributed by atoms with van der Waals surface area (Å²) in [5, 5.41) is 18.3. The number of hydrogen-bond donors (Lipinski definition) is 3. The lowest BCUT2D eigenvalue weighted by Crippen LogP contribution is -2.32. The fourth-order valence-corrected chi connectivity index (χ4v) is 4.79. The van der Waals surface area contributed by atoms with Crippen molar-refractivity contribution in [3.8, 4) is 17.2 Å². The van der Waals surface area contributed by atoms with Gasteiger partial charge in [-0.1, -0.05) is 12.1 Å². The second-order valence-corrected chi connectivity index (χ2v) is 9.45. The number of aromatic nitrogens is 2. The molecule has 0 aliphatic heterocycles. The second-order valence-electron chi connectivity index (χ2n) is 9.45. The molecule has 1 aliphatic rings. The highest BCUT2D eigenvalue weighted by Gasteiger charge is 2.22. The van der Waals surface area contributed by atoms with Crippen LogP contribution in [0.5, 0.6) is 17.2 Å². The van der Waals surface area contributed by atoms with Crippen LogP contribution in [0.25, 0.3) is 10.9 Å². The third-order valence-electron chi connectivity index (χ3n) is 6.75. The van der Waals surface area contributed by atoms with E-state index in [9.17, 15) is 5.11 Å². The summed E-state index contributed by atoms with van der Waals surface area (Å²) in [6.07, 6.45) is 5.44. The van der Waals surface area contributed by atoms with Crippen LogP contribution in [0.2, 0.25) is 0 Å². The van der Waals surface area contributed by atoms with Gasteiger partial charge in [0.05, 0.1) is 19.7 Å². The number of nitrogens with one attached hydrogen (secondary N) is 2. The lowest BCUT2D eigenvalue weighted by atomic mass is 9.86. The van der Waals surface area contributed by atoms with Crippen LogP contribution in [0, 0.1) is 5.92 Å². The van der Waals surface area contributed by atoms with Crippen LogP contribution in [0.3, 0.4) is 0 Å². The average Bonchev–Trinajstić information content (AvgIpc) is 2.87. The van der Waals surface area contributed by atoms with E-state index in [1.165, 1.54) is 12.8 Å². The molecule has 3 aromatic rings. The Balaban J connectivity index is 1.24. The molecule has 0 unspecified atom stereocenters. The van der Waals surface area contributed by atoms with Gasteiger partial charge in [0.15, 0.2) is 11.5 Å². The van der Waals surface area contributed by atoms with E-state index in [4.69, 9.17) is 19.4 Å². The minimum atomic E-state index is 0.0455. The van der Waals surface area contributed by atoms with Crippen molar-refractivity contribution in [2.75, 3.05) is 51.6 Å². The zero-order valence-electron chi connectivity index (χ0n) is 21.2. The molecule has 3 N–H and O–H groups in total. The van der Waals surface area contributed by atoms with Crippen molar-refractivity contribution < 1.29 is 14.6 Å². The number of para-hydroxylation sites is 1. The highest BCUT2D eigenvalue weighted by atomic mass is 16.5. The van der Waals surface area contributed by atoms with Gasteiger partial charge in [-0.15, -0.1) is 0 Å². The van der Waals surface area contributed by atoms with Crippen LogP contribution in [0.15, 0.2) is 36.4 Å². The van der Waals surface area contributed by atoms with E-state index in [0.717, 1.165) is 54.6 Å². The first-order valence-electron chi connectivity index (χ1n) is 12.3. The Morgan fingerprint density at radius 3 is 2.34 bits per heavy atom. The number of phenols is 1. The molecular formula is C27H37N5O3. The quantitative estimate of drug-likeness (QED) is 0.372. The molecule has 4 rings (SSSR count). The summed E-state index contributed by atoms with van der Waals surface area (Å²) in [4.78, 5) is 11.6. The van der Waals surface area contributed by atoms with Gasteiger partial charge in [-0.3, -0.25) is 0 Å². The largest absolute Gasteiger partial charge is 0.502 e. The number of methoxy groups -OCH3 is 2. The molecule has 0 amide bonds. The third kappa shape index (κ3) is 6.06. The van der Waals surface area contributed by atoms with Crippen LogP contribution in [0.1, 0.15) is 31.2 Å². The molecule has 0 atom stereocenters. The summed E-state index contributed by atoms with van der Waals surface area (Å²) in [5.41, 5.74) is 2.04. The van der Waals surface area contributed by atoms with Crippen LogP contribution >= 0.6 is 0 Å². The number of phenolic OH excluding ortho intramolecular Hbond substituents is 1. The maximum absolute atomic E-state index is 10.1. The Bertz CT molecular complexity index is 1100. The van der Waals surface area contributed by atoms with Gasteiger partial charge >= 0.3 is 0 Å². The Labute approximate surface area is 207 Å². The SMILES string of the molecule is COc1cc(CCNC[C@H]2CC[C@@H](Nc3nc(N(C)C)c4ccccc4n3)CC2)cc(OC)c1O. The van der Waals surface area contributed by atoms with Crippen LogP contribution in [-0.4, -0.2) is 62.5 Å². The second kappa shape index (κ2) is 11.4. The number of fused-ring (bicyclic) bond motifs is 1. The van der Waals surface area contributed by atoms with Gasteiger partial charge in [-0.25, -0.2) is 4.98 Å². The van der Waals surface area contributed by atoms with Gasteiger partial charge in [0, 0.05) is 25.5 Å². The minimum Gasteiger partial charge on any atom is -0.502 e. The maximum Gasteiger partial charge on any atom is 0.225 e. The normalized spacial score (nSPS) is 17.8. The average molecular weight is 480 g/mol. The van der Waals surface area contributed by atoms with E-state index >= 15 is 0 Å². The van der Waals surface area contributed by atoms with E-state index in [0.29, 0.717) is 29.4 Å². The monoisotopic (exact) mass is 479 g/mol. The Morgan fingerprint density at radius 1 is 1.00 bits per heavy atom. The first-order valence-corrected chi connectivity index (χ1v) is 12.3. The molecule has 0 radical (unpaired) electrons. The Morgan fingerprint density at radius 2 is 1.69 bits per heavy atom. The first kappa shape index (κ1) is 24.9. The molecule has 35 heavy (non-hydrogen) atoms. The highest BCUT2D eigenvalue weighted by molar-refractivity contribution is 5.90. The summed E-state index contributed by atoms with van der Waals surface area (Å²) >= 11 is 0. The summed E-state index contributed by atoms with van der Waals surface area (Å²) in [6.45, 7) is 1.88. The van der Waals surface area contributed by atoms with Gasteiger partial charge in [0.1, 0.15) is 5.82 Å². The summed E-state index contributed by atoms with van der Waals surface area (Å²) in [6, 6.07) is 12.3. The standard InChI is InChI=1S/C27H37N5O3/c1-32(2)26-21-7-5-6-8-22(21)30-27(31-26)29-20-11-9-18(10-12-20)17-28-14-13-19-15-23(34-3)25(33)24(16-19)35-4/h5-8,15-16,18,20,28,33H,9-14,17H2,1-4H3,(H,29,30,31)/t18-,20+. The molecule has 0 spiro atoms.